The zero-order chi connectivity index (χ0) is 13.8. The topological polar surface area (TPSA) is 68.1 Å². The van der Waals surface area contributed by atoms with Gasteiger partial charge in [0.2, 0.25) is 5.82 Å². The summed E-state index contributed by atoms with van der Waals surface area (Å²) in [5, 5.41) is 14.0. The number of pyridine rings is 1. The van der Waals surface area contributed by atoms with Crippen LogP contribution in [0.3, 0.4) is 0 Å². The zero-order valence-electron chi connectivity index (χ0n) is 10.8. The molecule has 2 rings (SSSR count). The fourth-order valence-electron chi connectivity index (χ4n) is 1.80. The third-order valence-electron chi connectivity index (χ3n) is 2.91. The molecule has 0 aliphatic carbocycles. The summed E-state index contributed by atoms with van der Waals surface area (Å²) in [6, 6.07) is 11.0. The number of aromatic nitrogens is 1. The average molecular weight is 257 g/mol. The Morgan fingerprint density at radius 1 is 1.26 bits per heavy atom. The van der Waals surface area contributed by atoms with Crippen LogP contribution in [0.1, 0.15) is 24.1 Å². The Labute approximate surface area is 111 Å². The van der Waals surface area contributed by atoms with Gasteiger partial charge in [0.1, 0.15) is 0 Å². The van der Waals surface area contributed by atoms with Crippen molar-refractivity contribution in [1.29, 1.82) is 0 Å². The molecule has 5 nitrogen and oxygen atoms in total. The lowest BCUT2D eigenvalue weighted by atomic mass is 10.1. The Kier molecular flexibility index (Phi) is 3.75. The predicted octanol–water partition coefficient (Wildman–Crippen LogP) is 3.47. The number of anilines is 1. The summed E-state index contributed by atoms with van der Waals surface area (Å²) in [5.74, 6) is 0.292. The number of hydrogen-bond acceptors (Lipinski definition) is 4. The molecule has 19 heavy (non-hydrogen) atoms. The summed E-state index contributed by atoms with van der Waals surface area (Å²) in [7, 11) is 0. The molecule has 1 N–H and O–H groups in total. The first kappa shape index (κ1) is 13.0. The quantitative estimate of drug-likeness (QED) is 0.672. The first-order chi connectivity index (χ1) is 9.08. The van der Waals surface area contributed by atoms with E-state index in [1.165, 1.54) is 17.8 Å². The van der Waals surface area contributed by atoms with Gasteiger partial charge in [-0.15, -0.1) is 0 Å². The van der Waals surface area contributed by atoms with E-state index in [4.69, 9.17) is 0 Å². The fourth-order valence-corrected chi connectivity index (χ4v) is 1.80. The second-order valence-electron chi connectivity index (χ2n) is 4.40. The van der Waals surface area contributed by atoms with Crippen LogP contribution in [0, 0.1) is 17.0 Å². The first-order valence-electron chi connectivity index (χ1n) is 6.00. The standard InChI is InChI=1S/C14H15N3O2/c1-10-5-7-12(8-6-10)11(2)16-14-13(17(18)19)4-3-9-15-14/h3-9,11H,1-2H3,(H,15,16). The fraction of sp³-hybridized carbons (Fsp3) is 0.214. The Balaban J connectivity index is 2.21. The SMILES string of the molecule is Cc1ccc(C(C)Nc2ncccc2[N+](=O)[O-])cc1. The van der Waals surface area contributed by atoms with Crippen LogP contribution in [0.4, 0.5) is 11.5 Å². The van der Waals surface area contributed by atoms with Gasteiger partial charge in [-0.25, -0.2) is 4.98 Å². The third-order valence-corrected chi connectivity index (χ3v) is 2.91. The number of nitro groups is 1. The van der Waals surface area contributed by atoms with E-state index in [1.54, 1.807) is 6.07 Å². The highest BCUT2D eigenvalue weighted by molar-refractivity contribution is 5.56. The molecule has 0 amide bonds. The Bertz CT molecular complexity index is 581. The lowest BCUT2D eigenvalue weighted by Crippen LogP contribution is -2.09. The van der Waals surface area contributed by atoms with Gasteiger partial charge in [-0.1, -0.05) is 29.8 Å². The van der Waals surface area contributed by atoms with Gasteiger partial charge in [0.15, 0.2) is 0 Å². The molecular formula is C14H15N3O2. The summed E-state index contributed by atoms with van der Waals surface area (Å²) < 4.78 is 0. The van der Waals surface area contributed by atoms with Crippen molar-refractivity contribution >= 4 is 11.5 Å². The molecule has 1 heterocycles. The number of nitrogens with zero attached hydrogens (tertiary/aromatic N) is 2. The predicted molar refractivity (Wildman–Crippen MR) is 74.1 cm³/mol. The van der Waals surface area contributed by atoms with Gasteiger partial charge in [-0.3, -0.25) is 10.1 Å². The van der Waals surface area contributed by atoms with Gasteiger partial charge >= 0.3 is 5.69 Å². The third kappa shape index (κ3) is 3.07. The molecule has 1 atom stereocenters. The van der Waals surface area contributed by atoms with Gasteiger partial charge in [0, 0.05) is 12.3 Å². The van der Waals surface area contributed by atoms with E-state index >= 15 is 0 Å². The van der Waals surface area contributed by atoms with E-state index in [0.717, 1.165) is 5.56 Å². The van der Waals surface area contributed by atoms with Crippen LogP contribution in [-0.2, 0) is 0 Å². The Hall–Kier alpha value is -2.43. The average Bonchev–Trinajstić information content (AvgIpc) is 2.39. The highest BCUT2D eigenvalue weighted by atomic mass is 16.6. The molecule has 0 spiro atoms. The minimum absolute atomic E-state index is 0.0125. The maximum atomic E-state index is 10.9. The highest BCUT2D eigenvalue weighted by Gasteiger charge is 2.16. The van der Waals surface area contributed by atoms with Crippen LogP contribution in [0.5, 0.6) is 0 Å². The van der Waals surface area contributed by atoms with Crippen molar-refractivity contribution in [2.45, 2.75) is 19.9 Å². The van der Waals surface area contributed by atoms with Crippen molar-refractivity contribution in [2.24, 2.45) is 0 Å². The van der Waals surface area contributed by atoms with Crippen molar-refractivity contribution in [3.8, 4) is 0 Å². The molecule has 98 valence electrons. The molecular weight excluding hydrogens is 242 g/mol. The lowest BCUT2D eigenvalue weighted by Gasteiger charge is -2.15. The molecule has 0 fully saturated rings. The molecule has 1 unspecified atom stereocenters. The number of rotatable bonds is 4. The zero-order valence-corrected chi connectivity index (χ0v) is 10.8. The normalized spacial score (nSPS) is 11.9. The number of nitrogens with one attached hydrogen (secondary N) is 1. The molecule has 0 bridgehead atoms. The summed E-state index contributed by atoms with van der Waals surface area (Å²) in [4.78, 5) is 14.5. The van der Waals surface area contributed by atoms with E-state index in [-0.39, 0.29) is 11.7 Å². The Morgan fingerprint density at radius 2 is 1.95 bits per heavy atom. The molecule has 0 radical (unpaired) electrons. The van der Waals surface area contributed by atoms with Crippen molar-refractivity contribution in [1.82, 2.24) is 4.98 Å². The van der Waals surface area contributed by atoms with E-state index in [2.05, 4.69) is 10.3 Å². The van der Waals surface area contributed by atoms with E-state index in [9.17, 15) is 10.1 Å². The van der Waals surface area contributed by atoms with Gasteiger partial charge in [-0.2, -0.15) is 0 Å². The molecule has 1 aromatic carbocycles. The van der Waals surface area contributed by atoms with Crippen LogP contribution in [0.15, 0.2) is 42.6 Å². The summed E-state index contributed by atoms with van der Waals surface area (Å²) in [6.45, 7) is 3.97. The van der Waals surface area contributed by atoms with Crippen LogP contribution in [0.2, 0.25) is 0 Å². The minimum atomic E-state index is -0.433. The summed E-state index contributed by atoms with van der Waals surface area (Å²) in [5.41, 5.74) is 2.23. The van der Waals surface area contributed by atoms with Gasteiger partial charge in [0.05, 0.1) is 11.0 Å². The first-order valence-corrected chi connectivity index (χ1v) is 6.00. The monoisotopic (exact) mass is 257 g/mol. The molecule has 5 heteroatoms. The summed E-state index contributed by atoms with van der Waals surface area (Å²) in [6.07, 6.45) is 1.54. The van der Waals surface area contributed by atoms with Crippen molar-refractivity contribution < 1.29 is 4.92 Å². The minimum Gasteiger partial charge on any atom is -0.358 e. The summed E-state index contributed by atoms with van der Waals surface area (Å²) >= 11 is 0. The second kappa shape index (κ2) is 5.48. The van der Waals surface area contributed by atoms with Crippen molar-refractivity contribution in [3.05, 3.63) is 63.8 Å². The molecule has 0 aliphatic rings. The molecule has 0 aliphatic heterocycles. The second-order valence-corrected chi connectivity index (χ2v) is 4.40. The van der Waals surface area contributed by atoms with Gasteiger partial charge < -0.3 is 5.32 Å². The van der Waals surface area contributed by atoms with Crippen molar-refractivity contribution in [3.63, 3.8) is 0 Å². The largest absolute Gasteiger partial charge is 0.358 e. The smallest absolute Gasteiger partial charge is 0.311 e. The van der Waals surface area contributed by atoms with Crippen molar-refractivity contribution in [2.75, 3.05) is 5.32 Å². The van der Waals surface area contributed by atoms with Crippen LogP contribution in [-0.4, -0.2) is 9.91 Å². The van der Waals surface area contributed by atoms with Crippen LogP contribution in [0.25, 0.3) is 0 Å². The molecule has 1 aromatic heterocycles. The number of benzene rings is 1. The van der Waals surface area contributed by atoms with E-state index in [1.807, 2.05) is 38.1 Å². The van der Waals surface area contributed by atoms with Gasteiger partial charge in [0.25, 0.3) is 0 Å². The Morgan fingerprint density at radius 3 is 2.58 bits per heavy atom. The van der Waals surface area contributed by atoms with Gasteiger partial charge in [-0.05, 0) is 25.5 Å². The van der Waals surface area contributed by atoms with Crippen LogP contribution < -0.4 is 5.32 Å². The maximum Gasteiger partial charge on any atom is 0.311 e. The number of hydrogen-bond donors (Lipinski definition) is 1. The van der Waals surface area contributed by atoms with E-state index < -0.39 is 4.92 Å². The lowest BCUT2D eigenvalue weighted by molar-refractivity contribution is -0.384. The van der Waals surface area contributed by atoms with Crippen LogP contribution >= 0.6 is 0 Å². The maximum absolute atomic E-state index is 10.9. The molecule has 0 saturated heterocycles. The number of aryl methyl sites for hydroxylation is 1. The molecule has 0 saturated carbocycles. The van der Waals surface area contributed by atoms with E-state index in [0.29, 0.717) is 5.82 Å². The molecule has 2 aromatic rings. The highest BCUT2D eigenvalue weighted by Crippen LogP contribution is 2.25.